The lowest BCUT2D eigenvalue weighted by Gasteiger charge is -2.19. The maximum atomic E-state index is 6.17. The number of ether oxygens (including phenoxy) is 1. The number of rotatable bonds is 3. The van der Waals surface area contributed by atoms with Crippen LogP contribution in [0.3, 0.4) is 0 Å². The van der Waals surface area contributed by atoms with Gasteiger partial charge in [0.15, 0.2) is 0 Å². The first-order valence-electron chi connectivity index (χ1n) is 7.70. The van der Waals surface area contributed by atoms with E-state index in [0.717, 1.165) is 24.1 Å². The van der Waals surface area contributed by atoms with E-state index in [4.69, 9.17) is 10.5 Å². The van der Waals surface area contributed by atoms with Gasteiger partial charge in [-0.15, -0.1) is 0 Å². The second kappa shape index (κ2) is 5.30. The van der Waals surface area contributed by atoms with E-state index in [1.165, 1.54) is 6.42 Å². The topological polar surface area (TPSA) is 65.4 Å². The third-order valence-electron chi connectivity index (χ3n) is 4.28. The lowest BCUT2D eigenvalue weighted by molar-refractivity contribution is 0.157. The Morgan fingerprint density at radius 3 is 2.90 bits per heavy atom. The largest absolute Gasteiger partial charge is 0.472 e. The van der Waals surface area contributed by atoms with E-state index in [0.29, 0.717) is 18.3 Å². The molecule has 3 rings (SSSR count). The van der Waals surface area contributed by atoms with E-state index in [1.54, 1.807) is 6.20 Å². The van der Waals surface area contributed by atoms with Crippen molar-refractivity contribution >= 4 is 5.52 Å². The predicted octanol–water partition coefficient (Wildman–Crippen LogP) is 2.53. The molecule has 5 heteroatoms. The number of hydrogen-bond acceptors (Lipinski definition) is 4. The summed E-state index contributed by atoms with van der Waals surface area (Å²) in [5, 5.41) is 4.63. The van der Waals surface area contributed by atoms with Gasteiger partial charge < -0.3 is 10.5 Å². The van der Waals surface area contributed by atoms with Crippen LogP contribution in [0.15, 0.2) is 18.5 Å². The monoisotopic (exact) mass is 288 g/mol. The van der Waals surface area contributed by atoms with E-state index in [1.807, 2.05) is 10.7 Å². The summed E-state index contributed by atoms with van der Waals surface area (Å²) in [6, 6.07) is 2.08. The number of nitrogens with zero attached hydrogens (tertiary/aromatic N) is 3. The SMILES string of the molecule is CC(C)(C)c1cc2c(OC3CCCC3CN)nccn2n1. The smallest absolute Gasteiger partial charge is 0.240 e. The van der Waals surface area contributed by atoms with Crippen molar-refractivity contribution < 1.29 is 4.74 Å². The van der Waals surface area contributed by atoms with Crippen LogP contribution < -0.4 is 10.5 Å². The fourth-order valence-corrected chi connectivity index (χ4v) is 2.93. The molecule has 2 heterocycles. The van der Waals surface area contributed by atoms with E-state index in [-0.39, 0.29) is 11.5 Å². The second-order valence-corrected chi connectivity index (χ2v) is 6.92. The zero-order valence-electron chi connectivity index (χ0n) is 13.0. The molecule has 0 amide bonds. The molecule has 0 aromatic carbocycles. The van der Waals surface area contributed by atoms with Crippen LogP contribution in [-0.2, 0) is 5.41 Å². The van der Waals surface area contributed by atoms with Gasteiger partial charge in [-0.3, -0.25) is 0 Å². The molecule has 1 aliphatic rings. The molecule has 0 spiro atoms. The van der Waals surface area contributed by atoms with Crippen LogP contribution in [-0.4, -0.2) is 27.2 Å². The first kappa shape index (κ1) is 14.3. The number of hydrogen-bond donors (Lipinski definition) is 1. The molecular formula is C16H24N4O. The number of nitrogens with two attached hydrogens (primary N) is 1. The van der Waals surface area contributed by atoms with Crippen LogP contribution >= 0.6 is 0 Å². The molecule has 2 aromatic rings. The fourth-order valence-electron chi connectivity index (χ4n) is 2.93. The second-order valence-electron chi connectivity index (χ2n) is 6.92. The Balaban J connectivity index is 1.93. The van der Waals surface area contributed by atoms with Gasteiger partial charge in [0, 0.05) is 23.7 Å². The highest BCUT2D eigenvalue weighted by Gasteiger charge is 2.29. The molecule has 2 unspecified atom stereocenters. The Morgan fingerprint density at radius 2 is 2.19 bits per heavy atom. The minimum atomic E-state index is 0.0104. The maximum Gasteiger partial charge on any atom is 0.240 e. The van der Waals surface area contributed by atoms with Crippen LogP contribution in [0.5, 0.6) is 5.88 Å². The Hall–Kier alpha value is -1.62. The van der Waals surface area contributed by atoms with E-state index in [9.17, 15) is 0 Å². The first-order chi connectivity index (χ1) is 9.99. The Kier molecular flexibility index (Phi) is 3.61. The lowest BCUT2D eigenvalue weighted by atomic mass is 9.92. The third-order valence-corrected chi connectivity index (χ3v) is 4.28. The number of fused-ring (bicyclic) bond motifs is 1. The number of aromatic nitrogens is 3. The Morgan fingerprint density at radius 1 is 1.38 bits per heavy atom. The summed E-state index contributed by atoms with van der Waals surface area (Å²) in [5.74, 6) is 1.11. The summed E-state index contributed by atoms with van der Waals surface area (Å²) in [5.41, 5.74) is 7.82. The molecule has 0 saturated heterocycles. The Bertz CT molecular complexity index is 629. The van der Waals surface area contributed by atoms with Crippen LogP contribution in [0.25, 0.3) is 5.52 Å². The summed E-state index contributed by atoms with van der Waals surface area (Å²) in [7, 11) is 0. The Labute approximate surface area is 125 Å². The zero-order valence-corrected chi connectivity index (χ0v) is 13.0. The molecule has 0 aliphatic heterocycles. The van der Waals surface area contributed by atoms with Crippen molar-refractivity contribution in [3.63, 3.8) is 0 Å². The molecule has 2 N–H and O–H groups in total. The highest BCUT2D eigenvalue weighted by molar-refractivity contribution is 5.57. The van der Waals surface area contributed by atoms with Gasteiger partial charge in [-0.1, -0.05) is 20.8 Å². The van der Waals surface area contributed by atoms with Crippen LogP contribution in [0, 0.1) is 5.92 Å². The van der Waals surface area contributed by atoms with Gasteiger partial charge in [0.1, 0.15) is 11.6 Å². The van der Waals surface area contributed by atoms with Gasteiger partial charge in [-0.25, -0.2) is 9.50 Å². The van der Waals surface area contributed by atoms with Crippen molar-refractivity contribution in [1.29, 1.82) is 0 Å². The molecular weight excluding hydrogens is 264 g/mol. The molecule has 2 atom stereocenters. The molecule has 2 aromatic heterocycles. The van der Waals surface area contributed by atoms with Crippen molar-refractivity contribution in [3.8, 4) is 5.88 Å². The van der Waals surface area contributed by atoms with E-state index >= 15 is 0 Å². The van der Waals surface area contributed by atoms with Gasteiger partial charge >= 0.3 is 0 Å². The van der Waals surface area contributed by atoms with Crippen LogP contribution in [0.1, 0.15) is 45.7 Å². The van der Waals surface area contributed by atoms with Gasteiger partial charge in [0.05, 0.1) is 5.69 Å². The average Bonchev–Trinajstić information content (AvgIpc) is 3.04. The minimum absolute atomic E-state index is 0.0104. The molecule has 0 radical (unpaired) electrons. The average molecular weight is 288 g/mol. The lowest BCUT2D eigenvalue weighted by Crippen LogP contribution is -2.28. The molecule has 1 fully saturated rings. The fraction of sp³-hybridized carbons (Fsp3) is 0.625. The van der Waals surface area contributed by atoms with E-state index in [2.05, 4.69) is 36.9 Å². The quantitative estimate of drug-likeness (QED) is 0.942. The molecule has 0 bridgehead atoms. The molecule has 5 nitrogen and oxygen atoms in total. The first-order valence-corrected chi connectivity index (χ1v) is 7.70. The van der Waals surface area contributed by atoms with Crippen molar-refractivity contribution in [1.82, 2.24) is 14.6 Å². The zero-order chi connectivity index (χ0) is 15.0. The summed E-state index contributed by atoms with van der Waals surface area (Å²) in [6.07, 6.45) is 7.19. The summed E-state index contributed by atoms with van der Waals surface area (Å²) >= 11 is 0. The minimum Gasteiger partial charge on any atom is -0.472 e. The van der Waals surface area contributed by atoms with E-state index < -0.39 is 0 Å². The molecule has 1 aliphatic carbocycles. The van der Waals surface area contributed by atoms with Crippen molar-refractivity contribution in [2.75, 3.05) is 6.54 Å². The summed E-state index contributed by atoms with van der Waals surface area (Å²) in [6.45, 7) is 7.15. The van der Waals surface area contributed by atoms with Crippen LogP contribution in [0.2, 0.25) is 0 Å². The highest BCUT2D eigenvalue weighted by Crippen LogP contribution is 2.31. The summed E-state index contributed by atoms with van der Waals surface area (Å²) < 4.78 is 8.02. The van der Waals surface area contributed by atoms with Crippen molar-refractivity contribution in [2.45, 2.75) is 51.6 Å². The predicted molar refractivity (Wildman–Crippen MR) is 82.5 cm³/mol. The van der Waals surface area contributed by atoms with Crippen molar-refractivity contribution in [3.05, 3.63) is 24.2 Å². The third kappa shape index (κ3) is 2.75. The molecule has 1 saturated carbocycles. The normalized spacial score (nSPS) is 22.9. The maximum absolute atomic E-state index is 6.17. The van der Waals surface area contributed by atoms with Gasteiger partial charge in [-0.2, -0.15) is 5.10 Å². The van der Waals surface area contributed by atoms with Gasteiger partial charge in [0.25, 0.3) is 0 Å². The highest BCUT2D eigenvalue weighted by atomic mass is 16.5. The van der Waals surface area contributed by atoms with Crippen LogP contribution in [0.4, 0.5) is 0 Å². The molecule has 21 heavy (non-hydrogen) atoms. The summed E-state index contributed by atoms with van der Waals surface area (Å²) in [4.78, 5) is 4.41. The van der Waals surface area contributed by atoms with Gasteiger partial charge in [-0.05, 0) is 31.9 Å². The molecule has 114 valence electrons. The standard InChI is InChI=1S/C16H24N4O/c1-16(2,3)14-9-12-15(18-7-8-20(12)19-14)21-13-6-4-5-11(13)10-17/h7-9,11,13H,4-6,10,17H2,1-3H3. The van der Waals surface area contributed by atoms with Gasteiger partial charge in [0.2, 0.25) is 5.88 Å². The van der Waals surface area contributed by atoms with Crippen molar-refractivity contribution in [2.24, 2.45) is 11.7 Å².